The van der Waals surface area contributed by atoms with Crippen LogP contribution in [0.1, 0.15) is 42.4 Å². The van der Waals surface area contributed by atoms with Crippen molar-refractivity contribution in [3.05, 3.63) is 47.0 Å². The number of carbonyl (C=O) groups is 1. The fourth-order valence-corrected chi connectivity index (χ4v) is 3.96. The van der Waals surface area contributed by atoms with Crippen molar-refractivity contribution in [1.82, 2.24) is 5.32 Å². The highest BCUT2D eigenvalue weighted by molar-refractivity contribution is 5.79. The van der Waals surface area contributed by atoms with Crippen molar-refractivity contribution in [2.24, 2.45) is 0 Å². The lowest BCUT2D eigenvalue weighted by Crippen LogP contribution is -2.16. The molecular weight excluding hydrogens is 410 g/mol. The standard InChI is InChI=1S/C25H33NO6/c1-26-16-32-23-12-6-17(14-24(23)30-2)5-9-19(27)15-20(28)10-7-18-8-11-22(29)25-21(18)4-3-13-31-25/h6,8,11-12,14,19,26-27,29H,3-5,7,9-10,13,15-16H2,1-2H3/t19-/m1/s1. The average molecular weight is 444 g/mol. The molecule has 2 aromatic carbocycles. The molecule has 3 rings (SSSR count). The number of aliphatic hydroxyl groups is 1. The Morgan fingerprint density at radius 2 is 2.06 bits per heavy atom. The Morgan fingerprint density at radius 3 is 2.84 bits per heavy atom. The molecule has 0 unspecified atom stereocenters. The van der Waals surface area contributed by atoms with Gasteiger partial charge in [0, 0.05) is 18.4 Å². The van der Waals surface area contributed by atoms with Crippen LogP contribution < -0.4 is 19.5 Å². The summed E-state index contributed by atoms with van der Waals surface area (Å²) in [6, 6.07) is 9.19. The van der Waals surface area contributed by atoms with Gasteiger partial charge >= 0.3 is 0 Å². The lowest BCUT2D eigenvalue weighted by atomic mass is 9.94. The lowest BCUT2D eigenvalue weighted by molar-refractivity contribution is -0.121. The minimum atomic E-state index is -0.689. The minimum absolute atomic E-state index is 0.0319. The molecule has 1 atom stereocenters. The van der Waals surface area contributed by atoms with Crippen molar-refractivity contribution in [3.8, 4) is 23.0 Å². The van der Waals surface area contributed by atoms with Crippen LogP contribution in [-0.4, -0.2) is 49.6 Å². The molecule has 1 aliphatic rings. The highest BCUT2D eigenvalue weighted by Crippen LogP contribution is 2.36. The van der Waals surface area contributed by atoms with Crippen molar-refractivity contribution in [2.45, 2.75) is 51.0 Å². The Bertz CT molecular complexity index is 914. The molecule has 0 saturated carbocycles. The number of aryl methyl sites for hydroxylation is 2. The molecule has 7 nitrogen and oxygen atoms in total. The largest absolute Gasteiger partial charge is 0.504 e. The monoisotopic (exact) mass is 443 g/mol. The first-order chi connectivity index (χ1) is 15.5. The van der Waals surface area contributed by atoms with Crippen LogP contribution in [0.2, 0.25) is 0 Å². The summed E-state index contributed by atoms with van der Waals surface area (Å²) in [5.41, 5.74) is 3.05. The van der Waals surface area contributed by atoms with E-state index in [0.29, 0.717) is 56.3 Å². The second-order valence-corrected chi connectivity index (χ2v) is 8.07. The molecule has 0 aliphatic carbocycles. The molecule has 3 N–H and O–H groups in total. The predicted octanol–water partition coefficient (Wildman–Crippen LogP) is 3.17. The molecule has 0 saturated heterocycles. The number of nitrogens with one attached hydrogen (secondary N) is 1. The van der Waals surface area contributed by atoms with Gasteiger partial charge in [0.1, 0.15) is 12.5 Å². The van der Waals surface area contributed by atoms with E-state index in [0.717, 1.165) is 29.5 Å². The second-order valence-electron chi connectivity index (χ2n) is 8.07. The highest BCUT2D eigenvalue weighted by atomic mass is 16.5. The van der Waals surface area contributed by atoms with Gasteiger partial charge in [-0.2, -0.15) is 0 Å². The zero-order valence-electron chi connectivity index (χ0n) is 18.9. The third-order valence-corrected chi connectivity index (χ3v) is 5.66. The Hall–Kier alpha value is -2.77. The van der Waals surface area contributed by atoms with E-state index in [-0.39, 0.29) is 18.0 Å². The number of phenols is 1. The number of rotatable bonds is 12. The van der Waals surface area contributed by atoms with Gasteiger partial charge in [0.2, 0.25) is 0 Å². The Labute approximate surface area is 189 Å². The fourth-order valence-electron chi connectivity index (χ4n) is 3.96. The molecule has 0 bridgehead atoms. The van der Waals surface area contributed by atoms with Gasteiger partial charge < -0.3 is 24.4 Å². The SMILES string of the molecule is CNCOc1ccc(CC[C@@H](O)CC(=O)CCc2ccc(O)c3c2CCCO3)cc1OC. The second kappa shape index (κ2) is 11.7. The van der Waals surface area contributed by atoms with Crippen LogP contribution in [0.15, 0.2) is 30.3 Å². The van der Waals surface area contributed by atoms with E-state index < -0.39 is 6.10 Å². The number of hydrogen-bond donors (Lipinski definition) is 3. The summed E-state index contributed by atoms with van der Waals surface area (Å²) in [6.45, 7) is 0.989. The summed E-state index contributed by atoms with van der Waals surface area (Å²) in [5, 5.41) is 23.3. The molecule has 0 amide bonds. The molecule has 0 fully saturated rings. The van der Waals surface area contributed by atoms with Gasteiger partial charge in [-0.25, -0.2) is 0 Å². The fraction of sp³-hybridized carbons (Fsp3) is 0.480. The molecule has 32 heavy (non-hydrogen) atoms. The number of benzene rings is 2. The van der Waals surface area contributed by atoms with Crippen LogP contribution in [0.5, 0.6) is 23.0 Å². The molecule has 0 radical (unpaired) electrons. The number of Topliss-reactive ketones (excluding diaryl/α,β-unsaturated/α-hetero) is 1. The molecule has 7 heteroatoms. The van der Waals surface area contributed by atoms with Crippen molar-refractivity contribution >= 4 is 5.78 Å². The number of methoxy groups -OCH3 is 1. The maximum absolute atomic E-state index is 12.4. The van der Waals surface area contributed by atoms with E-state index in [1.165, 1.54) is 0 Å². The maximum Gasteiger partial charge on any atom is 0.164 e. The van der Waals surface area contributed by atoms with E-state index in [4.69, 9.17) is 14.2 Å². The molecule has 0 aromatic heterocycles. The third kappa shape index (κ3) is 6.37. The van der Waals surface area contributed by atoms with E-state index in [1.54, 1.807) is 20.2 Å². The van der Waals surface area contributed by atoms with Crippen LogP contribution >= 0.6 is 0 Å². The van der Waals surface area contributed by atoms with Crippen molar-refractivity contribution in [1.29, 1.82) is 0 Å². The van der Waals surface area contributed by atoms with E-state index in [9.17, 15) is 15.0 Å². The normalized spacial score (nSPS) is 13.7. The molecule has 2 aromatic rings. The van der Waals surface area contributed by atoms with E-state index in [2.05, 4.69) is 5.32 Å². The Morgan fingerprint density at radius 1 is 1.22 bits per heavy atom. The zero-order chi connectivity index (χ0) is 22.9. The van der Waals surface area contributed by atoms with Crippen LogP contribution in [0, 0.1) is 0 Å². The summed E-state index contributed by atoms with van der Waals surface area (Å²) >= 11 is 0. The van der Waals surface area contributed by atoms with Crippen molar-refractivity contribution in [3.63, 3.8) is 0 Å². The zero-order valence-corrected chi connectivity index (χ0v) is 18.9. The van der Waals surface area contributed by atoms with Gasteiger partial charge in [-0.05, 0) is 68.5 Å². The van der Waals surface area contributed by atoms with Gasteiger partial charge in [0.15, 0.2) is 23.0 Å². The number of phenolic OH excluding ortho intramolecular Hbond substituents is 1. The molecule has 0 spiro atoms. The molecule has 174 valence electrons. The average Bonchev–Trinajstić information content (AvgIpc) is 2.81. The van der Waals surface area contributed by atoms with Crippen molar-refractivity contribution in [2.75, 3.05) is 27.5 Å². The van der Waals surface area contributed by atoms with Crippen LogP contribution in [-0.2, 0) is 24.1 Å². The van der Waals surface area contributed by atoms with Gasteiger partial charge in [0.05, 0.1) is 19.8 Å². The van der Waals surface area contributed by atoms with Gasteiger partial charge in [-0.15, -0.1) is 0 Å². The molecule has 1 aliphatic heterocycles. The quantitative estimate of drug-likeness (QED) is 0.434. The number of fused-ring (bicyclic) bond motifs is 1. The van der Waals surface area contributed by atoms with E-state index >= 15 is 0 Å². The minimum Gasteiger partial charge on any atom is -0.504 e. The molecule has 1 heterocycles. The van der Waals surface area contributed by atoms with Gasteiger partial charge in [-0.3, -0.25) is 10.1 Å². The number of carbonyl (C=O) groups excluding carboxylic acids is 1. The van der Waals surface area contributed by atoms with Gasteiger partial charge in [-0.1, -0.05) is 12.1 Å². The third-order valence-electron chi connectivity index (χ3n) is 5.66. The highest BCUT2D eigenvalue weighted by Gasteiger charge is 2.19. The van der Waals surface area contributed by atoms with Crippen LogP contribution in [0.25, 0.3) is 0 Å². The first-order valence-electron chi connectivity index (χ1n) is 11.1. The Balaban J connectivity index is 1.47. The summed E-state index contributed by atoms with van der Waals surface area (Å²) < 4.78 is 16.5. The van der Waals surface area contributed by atoms with Crippen LogP contribution in [0.4, 0.5) is 0 Å². The first kappa shape index (κ1) is 23.9. The van der Waals surface area contributed by atoms with Gasteiger partial charge in [0.25, 0.3) is 0 Å². The predicted molar refractivity (Wildman–Crippen MR) is 122 cm³/mol. The number of hydrogen-bond acceptors (Lipinski definition) is 7. The van der Waals surface area contributed by atoms with E-state index in [1.807, 2.05) is 24.3 Å². The Kier molecular flexibility index (Phi) is 8.76. The first-order valence-corrected chi connectivity index (χ1v) is 11.1. The topological polar surface area (TPSA) is 97.2 Å². The smallest absolute Gasteiger partial charge is 0.164 e. The summed E-state index contributed by atoms with van der Waals surface area (Å²) in [7, 11) is 3.40. The van der Waals surface area contributed by atoms with Crippen molar-refractivity contribution < 1.29 is 29.2 Å². The lowest BCUT2D eigenvalue weighted by Gasteiger charge is -2.21. The summed E-state index contributed by atoms with van der Waals surface area (Å²) in [6.07, 6.45) is 3.28. The molecular formula is C25H33NO6. The summed E-state index contributed by atoms with van der Waals surface area (Å²) in [5.74, 6) is 2.04. The maximum atomic E-state index is 12.4. The van der Waals surface area contributed by atoms with Crippen LogP contribution in [0.3, 0.4) is 0 Å². The number of aromatic hydroxyl groups is 1. The number of ketones is 1. The number of ether oxygens (including phenoxy) is 3. The number of aliphatic hydroxyl groups excluding tert-OH is 1. The summed E-state index contributed by atoms with van der Waals surface area (Å²) in [4.78, 5) is 12.4.